The Bertz CT molecular complexity index is 424. The van der Waals surface area contributed by atoms with E-state index in [2.05, 4.69) is 6.58 Å². The molecule has 106 valence electrons. The monoisotopic (exact) mass is 264 g/mol. The van der Waals surface area contributed by atoms with Crippen molar-refractivity contribution >= 4 is 6.09 Å². The van der Waals surface area contributed by atoms with E-state index in [4.69, 9.17) is 10.5 Å². The fourth-order valence-electron chi connectivity index (χ4n) is 1.92. The van der Waals surface area contributed by atoms with Crippen LogP contribution in [0.25, 0.3) is 0 Å². The second-order valence-electron chi connectivity index (χ2n) is 5.79. The van der Waals surface area contributed by atoms with Crippen LogP contribution in [0.2, 0.25) is 0 Å². The largest absolute Gasteiger partial charge is 0.444 e. The topological polar surface area (TPSA) is 55.6 Å². The maximum absolute atomic E-state index is 12.0. The number of ether oxygens (including phenoxy) is 1. The van der Waals surface area contributed by atoms with Gasteiger partial charge in [-0.05, 0) is 51.3 Å². The molecule has 0 fully saturated rings. The summed E-state index contributed by atoms with van der Waals surface area (Å²) < 4.78 is 5.38. The molecule has 1 aliphatic heterocycles. The summed E-state index contributed by atoms with van der Waals surface area (Å²) in [6, 6.07) is 0. The molecular formula is C15H24N2O2. The summed E-state index contributed by atoms with van der Waals surface area (Å²) in [5.74, 6) is 0. The second-order valence-corrected chi connectivity index (χ2v) is 5.79. The molecule has 0 unspecified atom stereocenters. The summed E-state index contributed by atoms with van der Waals surface area (Å²) in [6.45, 7) is 12.4. The molecule has 0 saturated carbocycles. The van der Waals surface area contributed by atoms with Gasteiger partial charge in [0, 0.05) is 18.8 Å². The average Bonchev–Trinajstić information content (AvgIpc) is 2.26. The van der Waals surface area contributed by atoms with Crippen molar-refractivity contribution in [2.24, 2.45) is 5.73 Å². The van der Waals surface area contributed by atoms with Crippen molar-refractivity contribution in [1.82, 2.24) is 4.90 Å². The molecule has 0 radical (unpaired) electrons. The SMILES string of the molecule is C=CC1=C(/C=C(\C)N)CCN(C(=O)OC(C)(C)C)C1. The van der Waals surface area contributed by atoms with E-state index in [1.54, 1.807) is 11.0 Å². The summed E-state index contributed by atoms with van der Waals surface area (Å²) in [5.41, 5.74) is 8.18. The quantitative estimate of drug-likeness (QED) is 0.834. The molecule has 0 aromatic carbocycles. The summed E-state index contributed by atoms with van der Waals surface area (Å²) in [6.07, 6.45) is 4.23. The molecule has 0 aliphatic carbocycles. The summed E-state index contributed by atoms with van der Waals surface area (Å²) in [5, 5.41) is 0. The third-order valence-electron chi connectivity index (χ3n) is 2.72. The lowest BCUT2D eigenvalue weighted by Crippen LogP contribution is -2.40. The van der Waals surface area contributed by atoms with Crippen LogP contribution in [0.5, 0.6) is 0 Å². The van der Waals surface area contributed by atoms with E-state index in [-0.39, 0.29) is 6.09 Å². The van der Waals surface area contributed by atoms with Crippen molar-refractivity contribution in [1.29, 1.82) is 0 Å². The predicted molar refractivity (Wildman–Crippen MR) is 77.6 cm³/mol. The van der Waals surface area contributed by atoms with Crippen LogP contribution in [-0.2, 0) is 4.74 Å². The fourth-order valence-corrected chi connectivity index (χ4v) is 1.92. The maximum atomic E-state index is 12.0. The zero-order valence-corrected chi connectivity index (χ0v) is 12.3. The second kappa shape index (κ2) is 5.95. The van der Waals surface area contributed by atoms with E-state index in [0.717, 1.165) is 23.3 Å². The molecular weight excluding hydrogens is 240 g/mol. The van der Waals surface area contributed by atoms with Crippen LogP contribution >= 0.6 is 0 Å². The van der Waals surface area contributed by atoms with Gasteiger partial charge in [-0.25, -0.2) is 4.79 Å². The third kappa shape index (κ3) is 4.81. The molecule has 1 aliphatic rings. The smallest absolute Gasteiger partial charge is 0.410 e. The lowest BCUT2D eigenvalue weighted by Gasteiger charge is -2.31. The highest BCUT2D eigenvalue weighted by molar-refractivity contribution is 5.69. The lowest BCUT2D eigenvalue weighted by atomic mass is 9.99. The molecule has 0 aromatic heterocycles. The van der Waals surface area contributed by atoms with E-state index in [9.17, 15) is 4.79 Å². The molecule has 0 saturated heterocycles. The highest BCUT2D eigenvalue weighted by Crippen LogP contribution is 2.22. The van der Waals surface area contributed by atoms with Gasteiger partial charge in [-0.2, -0.15) is 0 Å². The van der Waals surface area contributed by atoms with Crippen molar-refractivity contribution in [3.8, 4) is 0 Å². The van der Waals surface area contributed by atoms with Crippen molar-refractivity contribution in [3.63, 3.8) is 0 Å². The Balaban J connectivity index is 2.81. The molecule has 19 heavy (non-hydrogen) atoms. The standard InChI is InChI=1S/C15H24N2O2/c1-6-12-10-17(14(18)19-15(3,4)5)8-7-13(12)9-11(2)16/h6,9H,1,7-8,10,16H2,2-5H3/b11-9+. The number of carbonyl (C=O) groups excluding carboxylic acids is 1. The molecule has 1 amide bonds. The van der Waals surface area contributed by atoms with Gasteiger partial charge in [0.25, 0.3) is 0 Å². The number of rotatable bonds is 2. The first-order valence-electron chi connectivity index (χ1n) is 6.49. The maximum Gasteiger partial charge on any atom is 0.410 e. The number of hydrogen-bond donors (Lipinski definition) is 1. The Kier molecular flexibility index (Phi) is 4.81. The van der Waals surface area contributed by atoms with Crippen molar-refractivity contribution in [2.45, 2.75) is 39.7 Å². The number of nitrogens with two attached hydrogens (primary N) is 1. The number of amides is 1. The molecule has 0 bridgehead atoms. The van der Waals surface area contributed by atoms with Crippen LogP contribution < -0.4 is 5.73 Å². The Labute approximate surface area is 115 Å². The third-order valence-corrected chi connectivity index (χ3v) is 2.72. The predicted octanol–water partition coefficient (Wildman–Crippen LogP) is 2.97. The van der Waals surface area contributed by atoms with Crippen LogP contribution in [0.1, 0.15) is 34.1 Å². The molecule has 1 heterocycles. The van der Waals surface area contributed by atoms with Gasteiger partial charge in [0.1, 0.15) is 5.60 Å². The van der Waals surface area contributed by atoms with Gasteiger partial charge < -0.3 is 15.4 Å². The Morgan fingerprint density at radius 1 is 1.42 bits per heavy atom. The van der Waals surface area contributed by atoms with E-state index in [0.29, 0.717) is 13.1 Å². The Hall–Kier alpha value is -1.71. The highest BCUT2D eigenvalue weighted by atomic mass is 16.6. The minimum atomic E-state index is -0.469. The van der Waals surface area contributed by atoms with Crippen molar-refractivity contribution in [2.75, 3.05) is 13.1 Å². The summed E-state index contributed by atoms with van der Waals surface area (Å²) in [7, 11) is 0. The van der Waals surface area contributed by atoms with Crippen molar-refractivity contribution < 1.29 is 9.53 Å². The number of carbonyl (C=O) groups is 1. The van der Waals surface area contributed by atoms with Gasteiger partial charge in [-0.1, -0.05) is 12.7 Å². The number of hydrogen-bond acceptors (Lipinski definition) is 3. The van der Waals surface area contributed by atoms with Gasteiger partial charge in [-0.15, -0.1) is 0 Å². The van der Waals surface area contributed by atoms with Gasteiger partial charge in [0.2, 0.25) is 0 Å². The first-order valence-corrected chi connectivity index (χ1v) is 6.49. The van der Waals surface area contributed by atoms with Crippen LogP contribution in [0.15, 0.2) is 35.6 Å². The number of nitrogens with zero attached hydrogens (tertiary/aromatic N) is 1. The molecule has 0 atom stereocenters. The van der Waals surface area contributed by atoms with E-state index < -0.39 is 5.60 Å². The van der Waals surface area contributed by atoms with E-state index >= 15 is 0 Å². The zero-order valence-electron chi connectivity index (χ0n) is 12.3. The zero-order chi connectivity index (χ0) is 14.6. The highest BCUT2D eigenvalue weighted by Gasteiger charge is 2.25. The molecule has 2 N–H and O–H groups in total. The molecule has 0 spiro atoms. The van der Waals surface area contributed by atoms with E-state index in [1.807, 2.05) is 33.8 Å². The van der Waals surface area contributed by atoms with Crippen LogP contribution in [0, 0.1) is 0 Å². The van der Waals surface area contributed by atoms with Gasteiger partial charge >= 0.3 is 6.09 Å². The Morgan fingerprint density at radius 2 is 2.05 bits per heavy atom. The molecule has 1 rings (SSSR count). The first kappa shape index (κ1) is 15.3. The summed E-state index contributed by atoms with van der Waals surface area (Å²) in [4.78, 5) is 13.7. The molecule has 0 aromatic rings. The van der Waals surface area contributed by atoms with Crippen LogP contribution in [0.4, 0.5) is 4.79 Å². The van der Waals surface area contributed by atoms with Crippen LogP contribution in [0.3, 0.4) is 0 Å². The number of allylic oxidation sites excluding steroid dienone is 2. The fraction of sp³-hybridized carbons (Fsp3) is 0.533. The van der Waals surface area contributed by atoms with Crippen LogP contribution in [-0.4, -0.2) is 29.7 Å². The lowest BCUT2D eigenvalue weighted by molar-refractivity contribution is 0.0262. The van der Waals surface area contributed by atoms with Gasteiger partial charge in [-0.3, -0.25) is 0 Å². The minimum Gasteiger partial charge on any atom is -0.444 e. The molecule has 4 heteroatoms. The molecule has 4 nitrogen and oxygen atoms in total. The summed E-state index contributed by atoms with van der Waals surface area (Å²) >= 11 is 0. The van der Waals surface area contributed by atoms with E-state index in [1.165, 1.54) is 0 Å². The normalized spacial score (nSPS) is 17.5. The average molecular weight is 264 g/mol. The van der Waals surface area contributed by atoms with Gasteiger partial charge in [0.05, 0.1) is 0 Å². The van der Waals surface area contributed by atoms with Crippen molar-refractivity contribution in [3.05, 3.63) is 35.6 Å². The first-order chi connectivity index (χ1) is 8.73. The van der Waals surface area contributed by atoms with Gasteiger partial charge in [0.15, 0.2) is 0 Å². The Morgan fingerprint density at radius 3 is 2.53 bits per heavy atom. The minimum absolute atomic E-state index is 0.278.